The maximum Gasteiger partial charge on any atom is 0.411 e. The first-order valence-corrected chi connectivity index (χ1v) is 9.62. The van der Waals surface area contributed by atoms with Gasteiger partial charge in [0.25, 0.3) is 0 Å². The van der Waals surface area contributed by atoms with Gasteiger partial charge in [0.05, 0.1) is 7.11 Å². The molecular weight excluding hydrogens is 366 g/mol. The van der Waals surface area contributed by atoms with Crippen LogP contribution in [0.15, 0.2) is 65.8 Å². The summed E-state index contributed by atoms with van der Waals surface area (Å²) in [5.74, 6) is 0.763. The molecule has 0 bridgehead atoms. The number of amides is 1. The first-order chi connectivity index (χ1) is 14.2. The third-order valence-electron chi connectivity index (χ3n) is 4.62. The minimum absolute atomic E-state index is 0.478. The largest absolute Gasteiger partial charge is 0.453 e. The van der Waals surface area contributed by atoms with Crippen LogP contribution in [0.3, 0.4) is 0 Å². The van der Waals surface area contributed by atoms with Gasteiger partial charge in [-0.05, 0) is 41.6 Å². The number of carbonyl (C=O) groups excluding carboxylic acids is 1. The van der Waals surface area contributed by atoms with Crippen molar-refractivity contribution in [2.45, 2.75) is 19.5 Å². The number of aliphatic imine (C=N–C) groups is 1. The Morgan fingerprint density at radius 2 is 1.86 bits per heavy atom. The van der Waals surface area contributed by atoms with Gasteiger partial charge in [0.2, 0.25) is 0 Å². The number of hydrogen-bond donors (Lipinski definition) is 3. The predicted molar refractivity (Wildman–Crippen MR) is 117 cm³/mol. The smallest absolute Gasteiger partial charge is 0.411 e. The standard InChI is InChI=1S/C22H27N5O2/c1-23-21(25-16-17-8-10-19(11-9-17)26-22(28)29-2)24-13-5-14-27-15-12-18-6-3-4-7-20(18)27/h3-4,6-12,15H,5,13-14,16H2,1-2H3,(H,26,28)(H2,23,24,25). The first-order valence-electron chi connectivity index (χ1n) is 9.62. The Morgan fingerprint density at radius 1 is 1.07 bits per heavy atom. The average Bonchev–Trinajstić information content (AvgIpc) is 3.17. The Bertz CT molecular complexity index is 963. The maximum absolute atomic E-state index is 11.2. The molecule has 1 amide bonds. The van der Waals surface area contributed by atoms with Crippen molar-refractivity contribution >= 4 is 28.6 Å². The van der Waals surface area contributed by atoms with Crippen molar-refractivity contribution in [3.63, 3.8) is 0 Å². The van der Waals surface area contributed by atoms with E-state index in [1.54, 1.807) is 7.05 Å². The molecule has 29 heavy (non-hydrogen) atoms. The summed E-state index contributed by atoms with van der Waals surface area (Å²) in [7, 11) is 3.10. The molecule has 0 radical (unpaired) electrons. The average molecular weight is 393 g/mol. The molecule has 7 heteroatoms. The molecule has 3 N–H and O–H groups in total. The zero-order chi connectivity index (χ0) is 20.5. The fourth-order valence-electron chi connectivity index (χ4n) is 3.07. The van der Waals surface area contributed by atoms with E-state index in [-0.39, 0.29) is 0 Å². The number of ether oxygens (including phenoxy) is 1. The van der Waals surface area contributed by atoms with Crippen molar-refractivity contribution in [2.75, 3.05) is 26.0 Å². The minimum Gasteiger partial charge on any atom is -0.453 e. The summed E-state index contributed by atoms with van der Waals surface area (Å²) in [5.41, 5.74) is 3.04. The molecule has 3 rings (SSSR count). The molecule has 1 aromatic heterocycles. The van der Waals surface area contributed by atoms with Crippen LogP contribution < -0.4 is 16.0 Å². The number of fused-ring (bicyclic) bond motifs is 1. The molecule has 152 valence electrons. The van der Waals surface area contributed by atoms with Crippen molar-refractivity contribution in [1.82, 2.24) is 15.2 Å². The predicted octanol–water partition coefficient (Wildman–Crippen LogP) is 3.57. The zero-order valence-corrected chi connectivity index (χ0v) is 16.8. The highest BCUT2D eigenvalue weighted by Crippen LogP contribution is 2.15. The van der Waals surface area contributed by atoms with Crippen LogP contribution in [0.5, 0.6) is 0 Å². The SMILES string of the molecule is CN=C(NCCCn1ccc2ccccc21)NCc1ccc(NC(=O)OC)cc1. The van der Waals surface area contributed by atoms with E-state index in [2.05, 4.69) is 66.8 Å². The Labute approximate surface area is 170 Å². The van der Waals surface area contributed by atoms with E-state index in [0.29, 0.717) is 12.2 Å². The number of hydrogen-bond acceptors (Lipinski definition) is 3. The van der Waals surface area contributed by atoms with Gasteiger partial charge < -0.3 is 19.9 Å². The molecule has 7 nitrogen and oxygen atoms in total. The normalized spacial score (nSPS) is 11.3. The Hall–Kier alpha value is -3.48. The summed E-state index contributed by atoms with van der Waals surface area (Å²) in [6, 6.07) is 18.1. The molecule has 2 aromatic carbocycles. The highest BCUT2D eigenvalue weighted by atomic mass is 16.5. The number of aryl methyl sites for hydroxylation is 1. The number of aromatic nitrogens is 1. The topological polar surface area (TPSA) is 79.7 Å². The Balaban J connectivity index is 1.41. The second-order valence-corrected chi connectivity index (χ2v) is 6.59. The fourth-order valence-corrected chi connectivity index (χ4v) is 3.07. The Kier molecular flexibility index (Phi) is 7.10. The molecule has 0 fully saturated rings. The molecule has 0 aliphatic rings. The van der Waals surface area contributed by atoms with Gasteiger partial charge in [0, 0.05) is 44.1 Å². The number of benzene rings is 2. The summed E-state index contributed by atoms with van der Waals surface area (Å²) in [4.78, 5) is 15.5. The summed E-state index contributed by atoms with van der Waals surface area (Å²) >= 11 is 0. The van der Waals surface area contributed by atoms with Gasteiger partial charge in [0.15, 0.2) is 5.96 Å². The summed E-state index contributed by atoms with van der Waals surface area (Å²) in [6.45, 7) is 2.42. The van der Waals surface area contributed by atoms with Crippen LogP contribution >= 0.6 is 0 Å². The molecule has 0 saturated heterocycles. The highest BCUT2D eigenvalue weighted by molar-refractivity contribution is 5.84. The van der Waals surface area contributed by atoms with Crippen molar-refractivity contribution in [3.05, 3.63) is 66.4 Å². The fraction of sp³-hybridized carbons (Fsp3) is 0.273. The lowest BCUT2D eigenvalue weighted by Gasteiger charge is -2.13. The minimum atomic E-state index is -0.478. The molecule has 0 aliphatic heterocycles. The monoisotopic (exact) mass is 393 g/mol. The van der Waals surface area contributed by atoms with Crippen molar-refractivity contribution < 1.29 is 9.53 Å². The van der Waals surface area contributed by atoms with Gasteiger partial charge in [-0.25, -0.2) is 4.79 Å². The lowest BCUT2D eigenvalue weighted by molar-refractivity contribution is 0.187. The number of anilines is 1. The van der Waals surface area contributed by atoms with Crippen LogP contribution in [0.2, 0.25) is 0 Å². The van der Waals surface area contributed by atoms with Gasteiger partial charge >= 0.3 is 6.09 Å². The third kappa shape index (κ3) is 5.75. The van der Waals surface area contributed by atoms with E-state index in [1.807, 2.05) is 24.3 Å². The molecular formula is C22H27N5O2. The van der Waals surface area contributed by atoms with E-state index in [4.69, 9.17) is 0 Å². The molecule has 1 heterocycles. The highest BCUT2D eigenvalue weighted by Gasteiger charge is 2.03. The van der Waals surface area contributed by atoms with Crippen LogP contribution in [0.1, 0.15) is 12.0 Å². The number of carbonyl (C=O) groups is 1. The van der Waals surface area contributed by atoms with Gasteiger partial charge in [0.1, 0.15) is 0 Å². The van der Waals surface area contributed by atoms with Gasteiger partial charge in [-0.1, -0.05) is 30.3 Å². The first kappa shape index (κ1) is 20.3. The maximum atomic E-state index is 11.2. The summed E-state index contributed by atoms with van der Waals surface area (Å²) in [6.07, 6.45) is 2.65. The molecule has 0 unspecified atom stereocenters. The van der Waals surface area contributed by atoms with Gasteiger partial charge in [-0.3, -0.25) is 10.3 Å². The zero-order valence-electron chi connectivity index (χ0n) is 16.8. The van der Waals surface area contributed by atoms with Gasteiger partial charge in [-0.2, -0.15) is 0 Å². The molecule has 0 aliphatic carbocycles. The molecule has 0 atom stereocenters. The Morgan fingerprint density at radius 3 is 2.62 bits per heavy atom. The number of rotatable bonds is 7. The van der Waals surface area contributed by atoms with E-state index in [9.17, 15) is 4.79 Å². The lowest BCUT2D eigenvalue weighted by Crippen LogP contribution is -2.37. The second-order valence-electron chi connectivity index (χ2n) is 6.59. The van der Waals surface area contributed by atoms with Crippen LogP contribution in [0, 0.1) is 0 Å². The van der Waals surface area contributed by atoms with Crippen molar-refractivity contribution in [3.8, 4) is 0 Å². The summed E-state index contributed by atoms with van der Waals surface area (Å²) < 4.78 is 6.86. The van der Waals surface area contributed by atoms with Crippen LogP contribution in [-0.4, -0.2) is 37.3 Å². The van der Waals surface area contributed by atoms with Crippen molar-refractivity contribution in [1.29, 1.82) is 0 Å². The number of methoxy groups -OCH3 is 1. The quantitative estimate of drug-likeness (QED) is 0.326. The van der Waals surface area contributed by atoms with Crippen LogP contribution in [-0.2, 0) is 17.8 Å². The molecule has 0 spiro atoms. The van der Waals surface area contributed by atoms with Gasteiger partial charge in [-0.15, -0.1) is 0 Å². The number of guanidine groups is 1. The molecule has 3 aromatic rings. The van der Waals surface area contributed by atoms with E-state index >= 15 is 0 Å². The number of nitrogens with one attached hydrogen (secondary N) is 3. The van der Waals surface area contributed by atoms with Crippen LogP contribution in [0.4, 0.5) is 10.5 Å². The molecule has 0 saturated carbocycles. The van der Waals surface area contributed by atoms with Crippen LogP contribution in [0.25, 0.3) is 10.9 Å². The number of nitrogens with zero attached hydrogens (tertiary/aromatic N) is 2. The van der Waals surface area contributed by atoms with E-state index in [0.717, 1.165) is 31.0 Å². The number of para-hydroxylation sites is 1. The van der Waals surface area contributed by atoms with E-state index in [1.165, 1.54) is 18.0 Å². The third-order valence-corrected chi connectivity index (χ3v) is 4.62. The second kappa shape index (κ2) is 10.2. The lowest BCUT2D eigenvalue weighted by atomic mass is 10.2. The van der Waals surface area contributed by atoms with Crippen molar-refractivity contribution in [2.24, 2.45) is 4.99 Å². The summed E-state index contributed by atoms with van der Waals surface area (Å²) in [5, 5.41) is 10.5. The van der Waals surface area contributed by atoms with E-state index < -0.39 is 6.09 Å².